The van der Waals surface area contributed by atoms with Gasteiger partial charge in [-0.05, 0) is 53.8 Å². The van der Waals surface area contributed by atoms with E-state index in [9.17, 15) is 14.7 Å². The number of ether oxygens (including phenoxy) is 1. The number of Topliss-reactive ketones (excluding diaryl/α,β-unsaturated/α-hetero) is 1. The van der Waals surface area contributed by atoms with E-state index in [0.29, 0.717) is 22.4 Å². The lowest BCUT2D eigenvalue weighted by Gasteiger charge is -2.23. The second-order valence-electron chi connectivity index (χ2n) is 9.19. The van der Waals surface area contributed by atoms with Crippen LogP contribution >= 0.6 is 11.3 Å². The van der Waals surface area contributed by atoms with Crippen molar-refractivity contribution in [3.8, 4) is 5.75 Å². The van der Waals surface area contributed by atoms with Crippen molar-refractivity contribution in [2.24, 2.45) is 0 Å². The first-order chi connectivity index (χ1) is 17.3. The summed E-state index contributed by atoms with van der Waals surface area (Å²) in [6.07, 6.45) is 0. The van der Waals surface area contributed by atoms with Gasteiger partial charge in [-0.25, -0.2) is 4.98 Å². The summed E-state index contributed by atoms with van der Waals surface area (Å²) < 4.78 is 6.22. The molecule has 3 aromatic carbocycles. The Morgan fingerprint density at radius 1 is 1.06 bits per heavy atom. The zero-order chi connectivity index (χ0) is 25.6. The molecular formula is C29H26N2O4S. The minimum atomic E-state index is -0.820. The normalized spacial score (nSPS) is 17.4. The Labute approximate surface area is 213 Å². The molecule has 0 radical (unpaired) electrons. The molecule has 4 aromatic rings. The summed E-state index contributed by atoms with van der Waals surface area (Å²) in [6, 6.07) is 19.7. The number of hydrogen-bond donors (Lipinski definition) is 1. The number of aliphatic hydroxyl groups excluding tert-OH is 1. The van der Waals surface area contributed by atoms with Crippen molar-refractivity contribution in [3.63, 3.8) is 0 Å². The molecule has 2 heterocycles. The quantitative estimate of drug-likeness (QED) is 0.197. The fourth-order valence-corrected chi connectivity index (χ4v) is 5.55. The van der Waals surface area contributed by atoms with Gasteiger partial charge in [-0.3, -0.25) is 14.5 Å². The summed E-state index contributed by atoms with van der Waals surface area (Å²) in [7, 11) is 1.53. The predicted octanol–water partition coefficient (Wildman–Crippen LogP) is 6.36. The predicted molar refractivity (Wildman–Crippen MR) is 143 cm³/mol. The monoisotopic (exact) mass is 498 g/mol. The fraction of sp³-hybridized carbons (Fsp3) is 0.207. The van der Waals surface area contributed by atoms with E-state index in [1.54, 1.807) is 24.3 Å². The van der Waals surface area contributed by atoms with Crippen LogP contribution in [0.25, 0.3) is 16.0 Å². The zero-order valence-electron chi connectivity index (χ0n) is 20.5. The van der Waals surface area contributed by atoms with Crippen molar-refractivity contribution < 1.29 is 19.4 Å². The van der Waals surface area contributed by atoms with Gasteiger partial charge in [0.1, 0.15) is 11.5 Å². The lowest BCUT2D eigenvalue weighted by atomic mass is 9.93. The maximum absolute atomic E-state index is 13.5. The summed E-state index contributed by atoms with van der Waals surface area (Å²) >= 11 is 1.35. The second-order valence-corrected chi connectivity index (χ2v) is 10.2. The van der Waals surface area contributed by atoms with Crippen molar-refractivity contribution in [2.75, 3.05) is 12.0 Å². The first-order valence-corrected chi connectivity index (χ1v) is 12.5. The summed E-state index contributed by atoms with van der Waals surface area (Å²) in [4.78, 5) is 33.0. The Kier molecular flexibility index (Phi) is 6.10. The number of thiazole rings is 1. The number of aryl methyl sites for hydroxylation is 1. The summed E-state index contributed by atoms with van der Waals surface area (Å²) in [5.41, 5.74) is 4.12. The summed E-state index contributed by atoms with van der Waals surface area (Å²) in [6.45, 7) is 6.20. The molecule has 1 atom stereocenters. The van der Waals surface area contributed by atoms with Gasteiger partial charge in [0.2, 0.25) is 0 Å². The van der Waals surface area contributed by atoms with E-state index in [1.807, 2.05) is 49.4 Å². The summed E-state index contributed by atoms with van der Waals surface area (Å²) in [5.74, 6) is -0.844. The number of anilines is 1. The molecule has 0 aliphatic carbocycles. The van der Waals surface area contributed by atoms with Crippen LogP contribution < -0.4 is 9.64 Å². The topological polar surface area (TPSA) is 79.7 Å². The molecule has 0 spiro atoms. The van der Waals surface area contributed by atoms with E-state index in [-0.39, 0.29) is 11.3 Å². The number of methoxy groups -OCH3 is 1. The van der Waals surface area contributed by atoms with E-state index < -0.39 is 17.7 Å². The van der Waals surface area contributed by atoms with Crippen LogP contribution in [-0.2, 0) is 9.59 Å². The number of hydrogen-bond acceptors (Lipinski definition) is 6. The highest BCUT2D eigenvalue weighted by Gasteiger charge is 2.48. The van der Waals surface area contributed by atoms with Crippen LogP contribution in [0, 0.1) is 6.92 Å². The van der Waals surface area contributed by atoms with Gasteiger partial charge in [-0.15, -0.1) is 0 Å². The molecule has 0 bridgehead atoms. The molecule has 1 aromatic heterocycles. The van der Waals surface area contributed by atoms with Gasteiger partial charge in [0.15, 0.2) is 5.13 Å². The lowest BCUT2D eigenvalue weighted by molar-refractivity contribution is -0.132. The molecule has 1 aliphatic heterocycles. The molecule has 6 nitrogen and oxygen atoms in total. The number of fused-ring (bicyclic) bond motifs is 1. The molecule has 1 amide bonds. The minimum Gasteiger partial charge on any atom is -0.507 e. The molecule has 182 valence electrons. The second kappa shape index (κ2) is 9.24. The number of nitrogens with zero attached hydrogens (tertiary/aromatic N) is 2. The zero-order valence-corrected chi connectivity index (χ0v) is 21.3. The molecule has 7 heteroatoms. The van der Waals surface area contributed by atoms with Gasteiger partial charge in [-0.2, -0.15) is 0 Å². The molecule has 0 unspecified atom stereocenters. The number of aliphatic hydroxyl groups is 1. The number of amides is 1. The molecule has 0 saturated carbocycles. The van der Waals surface area contributed by atoms with Gasteiger partial charge < -0.3 is 9.84 Å². The van der Waals surface area contributed by atoms with Gasteiger partial charge in [0.25, 0.3) is 5.78 Å². The van der Waals surface area contributed by atoms with Crippen molar-refractivity contribution in [1.29, 1.82) is 0 Å². The molecule has 1 fully saturated rings. The Balaban J connectivity index is 1.72. The third-order valence-electron chi connectivity index (χ3n) is 6.45. The number of carbonyl (C=O) groups is 2. The van der Waals surface area contributed by atoms with E-state index in [2.05, 4.69) is 18.8 Å². The third kappa shape index (κ3) is 4.05. The maximum Gasteiger partial charge on any atom is 0.301 e. The van der Waals surface area contributed by atoms with Crippen molar-refractivity contribution in [2.45, 2.75) is 32.7 Å². The van der Waals surface area contributed by atoms with Gasteiger partial charge >= 0.3 is 5.91 Å². The first-order valence-electron chi connectivity index (χ1n) is 11.7. The Morgan fingerprint density at radius 3 is 2.50 bits per heavy atom. The molecular weight excluding hydrogens is 472 g/mol. The highest BCUT2D eigenvalue weighted by Crippen LogP contribution is 2.44. The summed E-state index contributed by atoms with van der Waals surface area (Å²) in [5, 5.41) is 11.8. The van der Waals surface area contributed by atoms with E-state index in [4.69, 9.17) is 4.74 Å². The highest BCUT2D eigenvalue weighted by atomic mass is 32.1. The van der Waals surface area contributed by atoms with Crippen LogP contribution in [0.4, 0.5) is 5.13 Å². The molecule has 5 rings (SSSR count). The van der Waals surface area contributed by atoms with E-state index >= 15 is 0 Å². The number of aromatic nitrogens is 1. The van der Waals surface area contributed by atoms with E-state index in [1.165, 1.54) is 23.3 Å². The fourth-order valence-electron chi connectivity index (χ4n) is 4.46. The first kappa shape index (κ1) is 23.8. The lowest BCUT2D eigenvalue weighted by Crippen LogP contribution is -2.29. The van der Waals surface area contributed by atoms with Crippen LogP contribution in [-0.4, -0.2) is 28.9 Å². The van der Waals surface area contributed by atoms with Gasteiger partial charge in [0, 0.05) is 5.56 Å². The average molecular weight is 499 g/mol. The number of rotatable bonds is 5. The number of carbonyl (C=O) groups excluding carboxylic acids is 2. The van der Waals surface area contributed by atoms with Gasteiger partial charge in [-0.1, -0.05) is 67.6 Å². The Bertz CT molecular complexity index is 1520. The molecule has 1 aliphatic rings. The molecule has 1 saturated heterocycles. The standard InChI is InChI=1S/C29H26N2O4S/c1-16(2)18-9-11-19(12-10-18)25-24(26(32)20-6-5-7-21(15-20)35-4)27(33)28(34)31(25)29-30-22-13-8-17(3)14-23(22)36-29/h5-16,25,32H,1-4H3/t25-/m0/s1. The van der Waals surface area contributed by atoms with E-state index in [0.717, 1.165) is 26.9 Å². The van der Waals surface area contributed by atoms with Crippen LogP contribution in [0.2, 0.25) is 0 Å². The SMILES string of the molecule is COc1cccc(C(O)=C2C(=O)C(=O)N(c3nc4ccc(C)cc4s3)[C@H]2c2ccc(C(C)C)cc2)c1. The number of benzene rings is 3. The smallest absolute Gasteiger partial charge is 0.301 e. The van der Waals surface area contributed by atoms with Crippen molar-refractivity contribution >= 4 is 44.1 Å². The van der Waals surface area contributed by atoms with Crippen LogP contribution in [0.5, 0.6) is 5.75 Å². The van der Waals surface area contributed by atoms with Crippen LogP contribution in [0.15, 0.2) is 72.3 Å². The maximum atomic E-state index is 13.5. The Morgan fingerprint density at radius 2 is 1.81 bits per heavy atom. The highest BCUT2D eigenvalue weighted by molar-refractivity contribution is 7.22. The number of ketones is 1. The van der Waals surface area contributed by atoms with Crippen molar-refractivity contribution in [1.82, 2.24) is 4.98 Å². The molecule has 1 N–H and O–H groups in total. The van der Waals surface area contributed by atoms with Crippen LogP contribution in [0.3, 0.4) is 0 Å². The average Bonchev–Trinajstić information content (AvgIpc) is 3.41. The van der Waals surface area contributed by atoms with Gasteiger partial charge in [0.05, 0.1) is 28.9 Å². The third-order valence-corrected chi connectivity index (χ3v) is 7.46. The largest absolute Gasteiger partial charge is 0.507 e. The van der Waals surface area contributed by atoms with Crippen LogP contribution in [0.1, 0.15) is 48.1 Å². The minimum absolute atomic E-state index is 0.0287. The van der Waals surface area contributed by atoms with Crippen molar-refractivity contribution in [3.05, 3.63) is 94.6 Å². The Hall–Kier alpha value is -3.97. The molecule has 36 heavy (non-hydrogen) atoms.